The Morgan fingerprint density at radius 1 is 1.33 bits per heavy atom. The first-order chi connectivity index (χ1) is 11.5. The molecule has 2 aromatic rings. The summed E-state index contributed by atoms with van der Waals surface area (Å²) < 4.78 is 0. The second kappa shape index (κ2) is 7.13. The summed E-state index contributed by atoms with van der Waals surface area (Å²) in [5.41, 5.74) is 1.79. The minimum absolute atomic E-state index is 0.336. The number of carboxylic acids is 1. The third-order valence-corrected chi connectivity index (χ3v) is 5.27. The van der Waals surface area contributed by atoms with E-state index in [2.05, 4.69) is 10.3 Å². The van der Waals surface area contributed by atoms with Crippen molar-refractivity contribution in [1.29, 1.82) is 0 Å². The van der Waals surface area contributed by atoms with E-state index < -0.39 is 12.0 Å². The summed E-state index contributed by atoms with van der Waals surface area (Å²) in [6, 6.07) is 9.13. The first-order valence-corrected chi connectivity index (χ1v) is 8.88. The number of amides is 1. The largest absolute Gasteiger partial charge is 0.480 e. The Kier molecular flexibility index (Phi) is 4.94. The fraction of sp³-hybridized carbons (Fsp3) is 0.389. The zero-order chi connectivity index (χ0) is 17.1. The van der Waals surface area contributed by atoms with E-state index in [1.165, 1.54) is 11.3 Å². The van der Waals surface area contributed by atoms with Gasteiger partial charge in [-0.1, -0.05) is 43.2 Å². The molecule has 24 heavy (non-hydrogen) atoms. The molecule has 6 heteroatoms. The zero-order valence-electron chi connectivity index (χ0n) is 13.5. The number of rotatable bonds is 7. The summed E-state index contributed by atoms with van der Waals surface area (Å²) in [7, 11) is 0. The maximum absolute atomic E-state index is 12.4. The van der Waals surface area contributed by atoms with Gasteiger partial charge in [0.05, 0.1) is 10.7 Å². The summed E-state index contributed by atoms with van der Waals surface area (Å²) in [5, 5.41) is 12.8. The number of carbonyl (C=O) groups excluding carboxylic acids is 1. The van der Waals surface area contributed by atoms with Crippen LogP contribution in [0.3, 0.4) is 0 Å². The molecule has 1 amide bonds. The molecular formula is C18H20N2O3S. The molecule has 1 aromatic heterocycles. The number of hydrogen-bond donors (Lipinski definition) is 2. The molecule has 1 aliphatic rings. The highest BCUT2D eigenvalue weighted by Gasteiger charge is 2.31. The SMILES string of the molecule is Cc1nc(Cc2ccccc2)sc1C(=O)NC(CC1CC1)C(=O)O. The van der Waals surface area contributed by atoms with Gasteiger partial charge >= 0.3 is 5.97 Å². The number of carbonyl (C=O) groups is 2. The summed E-state index contributed by atoms with van der Waals surface area (Å²) in [4.78, 5) is 28.7. The fourth-order valence-corrected chi connectivity index (χ4v) is 3.64. The number of nitrogens with one attached hydrogen (secondary N) is 1. The van der Waals surface area contributed by atoms with Crippen LogP contribution in [0.1, 0.15) is 45.2 Å². The molecule has 0 saturated heterocycles. The highest BCUT2D eigenvalue weighted by atomic mass is 32.1. The van der Waals surface area contributed by atoms with Gasteiger partial charge < -0.3 is 10.4 Å². The summed E-state index contributed by atoms with van der Waals surface area (Å²) >= 11 is 1.33. The van der Waals surface area contributed by atoms with Crippen molar-refractivity contribution >= 4 is 23.2 Å². The van der Waals surface area contributed by atoms with E-state index in [9.17, 15) is 14.7 Å². The van der Waals surface area contributed by atoms with Gasteiger partial charge in [-0.05, 0) is 24.8 Å². The predicted molar refractivity (Wildman–Crippen MR) is 92.3 cm³/mol. The lowest BCUT2D eigenvalue weighted by Gasteiger charge is -2.13. The van der Waals surface area contributed by atoms with Crippen molar-refractivity contribution in [2.45, 2.75) is 38.6 Å². The molecule has 1 aromatic carbocycles. The normalized spacial score (nSPS) is 15.0. The van der Waals surface area contributed by atoms with Crippen LogP contribution in [0.4, 0.5) is 0 Å². The van der Waals surface area contributed by atoms with Gasteiger partial charge in [0.15, 0.2) is 0 Å². The molecule has 1 saturated carbocycles. The van der Waals surface area contributed by atoms with Crippen LogP contribution in [0.15, 0.2) is 30.3 Å². The number of thiazole rings is 1. The van der Waals surface area contributed by atoms with Crippen molar-refractivity contribution in [2.24, 2.45) is 5.92 Å². The van der Waals surface area contributed by atoms with Crippen LogP contribution in [-0.4, -0.2) is 28.0 Å². The van der Waals surface area contributed by atoms with Crippen molar-refractivity contribution in [3.8, 4) is 0 Å². The molecule has 0 bridgehead atoms. The molecule has 1 aliphatic carbocycles. The summed E-state index contributed by atoms with van der Waals surface area (Å²) in [6.07, 6.45) is 3.29. The molecule has 1 fully saturated rings. The molecule has 2 N–H and O–H groups in total. The van der Waals surface area contributed by atoms with E-state index in [0.29, 0.717) is 29.3 Å². The molecule has 1 unspecified atom stereocenters. The number of hydrogen-bond acceptors (Lipinski definition) is 4. The second-order valence-corrected chi connectivity index (χ2v) is 7.31. The summed E-state index contributed by atoms with van der Waals surface area (Å²) in [5.74, 6) is -0.873. The fourth-order valence-electron chi connectivity index (χ4n) is 2.64. The number of aromatic nitrogens is 1. The number of aliphatic carboxylic acids is 1. The third-order valence-electron chi connectivity index (χ3n) is 4.11. The monoisotopic (exact) mass is 344 g/mol. The van der Waals surface area contributed by atoms with Gasteiger partial charge in [0, 0.05) is 6.42 Å². The van der Waals surface area contributed by atoms with E-state index in [-0.39, 0.29) is 5.91 Å². The first kappa shape index (κ1) is 16.6. The van der Waals surface area contributed by atoms with Crippen LogP contribution in [0.2, 0.25) is 0 Å². The second-order valence-electron chi connectivity index (χ2n) is 6.23. The minimum atomic E-state index is -0.970. The van der Waals surface area contributed by atoms with Gasteiger partial charge in [0.2, 0.25) is 0 Å². The average molecular weight is 344 g/mol. The molecule has 0 spiro atoms. The topological polar surface area (TPSA) is 79.3 Å². The van der Waals surface area contributed by atoms with Crippen LogP contribution in [0, 0.1) is 12.8 Å². The Morgan fingerprint density at radius 3 is 2.67 bits per heavy atom. The van der Waals surface area contributed by atoms with Crippen LogP contribution >= 0.6 is 11.3 Å². The molecule has 0 aliphatic heterocycles. The molecular weight excluding hydrogens is 324 g/mol. The van der Waals surface area contributed by atoms with Crippen LogP contribution in [-0.2, 0) is 11.2 Å². The number of nitrogens with zero attached hydrogens (tertiary/aromatic N) is 1. The maximum atomic E-state index is 12.4. The number of benzene rings is 1. The third kappa shape index (κ3) is 4.20. The van der Waals surface area contributed by atoms with Crippen molar-refractivity contribution in [1.82, 2.24) is 10.3 Å². The maximum Gasteiger partial charge on any atom is 0.326 e. The standard InChI is InChI=1S/C18H20N2O3S/c1-11-16(17(21)20-14(18(22)23)9-13-7-8-13)24-15(19-11)10-12-5-3-2-4-6-12/h2-6,13-14H,7-10H2,1H3,(H,20,21)(H,22,23). The van der Waals surface area contributed by atoms with Gasteiger partial charge in [-0.25, -0.2) is 9.78 Å². The molecule has 1 heterocycles. The van der Waals surface area contributed by atoms with Crippen molar-refractivity contribution in [2.75, 3.05) is 0 Å². The Labute approximate surface area is 144 Å². The summed E-state index contributed by atoms with van der Waals surface area (Å²) in [6.45, 7) is 1.79. The Morgan fingerprint density at radius 2 is 2.04 bits per heavy atom. The smallest absolute Gasteiger partial charge is 0.326 e. The Bertz CT molecular complexity index is 738. The first-order valence-electron chi connectivity index (χ1n) is 8.07. The number of carboxylic acid groups (broad SMARTS) is 1. The van der Waals surface area contributed by atoms with Gasteiger partial charge in [-0.3, -0.25) is 4.79 Å². The molecule has 5 nitrogen and oxygen atoms in total. The van der Waals surface area contributed by atoms with Crippen LogP contribution < -0.4 is 5.32 Å². The van der Waals surface area contributed by atoms with Gasteiger partial charge in [-0.15, -0.1) is 11.3 Å². The molecule has 126 valence electrons. The van der Waals surface area contributed by atoms with Crippen LogP contribution in [0.25, 0.3) is 0 Å². The van der Waals surface area contributed by atoms with Gasteiger partial charge in [0.25, 0.3) is 5.91 Å². The van der Waals surface area contributed by atoms with E-state index in [1.54, 1.807) is 6.92 Å². The van der Waals surface area contributed by atoms with Gasteiger partial charge in [-0.2, -0.15) is 0 Å². The van der Waals surface area contributed by atoms with E-state index in [1.807, 2.05) is 30.3 Å². The van der Waals surface area contributed by atoms with E-state index in [4.69, 9.17) is 0 Å². The Hall–Kier alpha value is -2.21. The number of aryl methyl sites for hydroxylation is 1. The average Bonchev–Trinajstić information content (AvgIpc) is 3.29. The lowest BCUT2D eigenvalue weighted by Crippen LogP contribution is -2.41. The van der Waals surface area contributed by atoms with Crippen LogP contribution in [0.5, 0.6) is 0 Å². The highest BCUT2D eigenvalue weighted by molar-refractivity contribution is 7.13. The van der Waals surface area contributed by atoms with Crippen molar-refractivity contribution < 1.29 is 14.7 Å². The van der Waals surface area contributed by atoms with Gasteiger partial charge in [0.1, 0.15) is 10.9 Å². The zero-order valence-corrected chi connectivity index (χ0v) is 14.3. The molecule has 0 radical (unpaired) electrons. The lowest BCUT2D eigenvalue weighted by molar-refractivity contribution is -0.139. The Balaban J connectivity index is 1.69. The lowest BCUT2D eigenvalue weighted by atomic mass is 10.1. The highest BCUT2D eigenvalue weighted by Crippen LogP contribution is 2.33. The molecule has 3 rings (SSSR count). The quantitative estimate of drug-likeness (QED) is 0.809. The van der Waals surface area contributed by atoms with E-state index >= 15 is 0 Å². The minimum Gasteiger partial charge on any atom is -0.480 e. The predicted octanol–water partition coefficient (Wildman–Crippen LogP) is 3.03. The van der Waals surface area contributed by atoms with E-state index in [0.717, 1.165) is 23.4 Å². The van der Waals surface area contributed by atoms with Crippen molar-refractivity contribution in [3.63, 3.8) is 0 Å². The molecule has 1 atom stereocenters. The van der Waals surface area contributed by atoms with Crippen molar-refractivity contribution in [3.05, 3.63) is 51.5 Å².